The summed E-state index contributed by atoms with van der Waals surface area (Å²) in [4.78, 5) is 30.0. The fourth-order valence-electron chi connectivity index (χ4n) is 0.0833. The number of phosphoric acid groups is 1. The fourth-order valence-corrected chi connectivity index (χ4v) is 0.0833. The highest BCUT2D eigenvalue weighted by atomic mass is 31.2. The third-order valence-corrected chi connectivity index (χ3v) is 0.333. The average molecular weight is 202 g/mol. The summed E-state index contributed by atoms with van der Waals surface area (Å²) in [6.07, 6.45) is 1.25. The quantitative estimate of drug-likeness (QED) is 0.389. The van der Waals surface area contributed by atoms with Crippen molar-refractivity contribution in [2.75, 3.05) is 13.2 Å². The second-order valence-corrected chi connectivity index (χ2v) is 2.89. The lowest BCUT2D eigenvalue weighted by atomic mass is 10.6. The van der Waals surface area contributed by atoms with Gasteiger partial charge in [-0.3, -0.25) is 0 Å². The molecule has 76 valence electrons. The molecule has 6 nitrogen and oxygen atoms in total. The molecule has 12 heavy (non-hydrogen) atoms. The van der Waals surface area contributed by atoms with Gasteiger partial charge in [0.15, 0.2) is 0 Å². The van der Waals surface area contributed by atoms with Gasteiger partial charge in [0.1, 0.15) is 13.2 Å². The van der Waals surface area contributed by atoms with Crippen molar-refractivity contribution in [3.05, 3.63) is 0 Å². The molecule has 1 saturated heterocycles. The summed E-state index contributed by atoms with van der Waals surface area (Å²) in [6, 6.07) is 0. The summed E-state index contributed by atoms with van der Waals surface area (Å²) in [5.41, 5.74) is 0. The van der Waals surface area contributed by atoms with Gasteiger partial charge in [-0.05, 0) is 0 Å². The Bertz CT molecular complexity index is 105. The molecule has 0 unspecified atom stereocenters. The molecule has 1 aliphatic rings. The van der Waals surface area contributed by atoms with Crippen molar-refractivity contribution >= 4 is 7.82 Å². The Kier molecular flexibility index (Phi) is 11.1. The Morgan fingerprint density at radius 1 is 1.17 bits per heavy atom. The fraction of sp³-hybridized carbons (Fsp3) is 1.00. The van der Waals surface area contributed by atoms with Crippen molar-refractivity contribution < 1.29 is 29.0 Å². The van der Waals surface area contributed by atoms with E-state index in [9.17, 15) is 0 Å². The Balaban J connectivity index is 0. The molecule has 0 aromatic heterocycles. The zero-order valence-electron chi connectivity index (χ0n) is 7.13. The van der Waals surface area contributed by atoms with E-state index in [0.717, 1.165) is 13.2 Å². The summed E-state index contributed by atoms with van der Waals surface area (Å²) < 4.78 is 8.88. The van der Waals surface area contributed by atoms with Crippen LogP contribution in [0.5, 0.6) is 0 Å². The van der Waals surface area contributed by atoms with Crippen LogP contribution in [0, 0.1) is 0 Å². The topological polar surface area (TPSA) is 96.2 Å². The first kappa shape index (κ1) is 14.5. The van der Waals surface area contributed by atoms with Crippen LogP contribution in [0.3, 0.4) is 0 Å². The minimum absolute atomic E-state index is 0.778. The van der Waals surface area contributed by atoms with Gasteiger partial charge in [0, 0.05) is 0 Å². The number of hydrogen-bond acceptors (Lipinski definition) is 3. The van der Waals surface area contributed by atoms with Crippen LogP contribution in [0.25, 0.3) is 0 Å². The molecule has 0 aromatic carbocycles. The molecule has 0 saturated carbocycles. The van der Waals surface area contributed by atoms with Gasteiger partial charge in [-0.2, -0.15) is 0 Å². The van der Waals surface area contributed by atoms with Crippen LogP contribution in [0.2, 0.25) is 0 Å². The van der Waals surface area contributed by atoms with Gasteiger partial charge >= 0.3 is 7.82 Å². The molecule has 1 aliphatic heterocycles. The van der Waals surface area contributed by atoms with Crippen molar-refractivity contribution in [1.29, 1.82) is 0 Å². The molecule has 0 atom stereocenters. The highest BCUT2D eigenvalue weighted by Gasteiger charge is 2.00. The van der Waals surface area contributed by atoms with E-state index in [1.54, 1.807) is 0 Å². The molecular formula is C5H15O6P. The lowest BCUT2D eigenvalue weighted by Gasteiger charge is -2.08. The molecule has 1 heterocycles. The highest BCUT2D eigenvalue weighted by molar-refractivity contribution is 7.45. The second-order valence-electron chi connectivity index (χ2n) is 1.86. The van der Waals surface area contributed by atoms with Gasteiger partial charge in [0.05, 0.1) is 0 Å². The molecule has 0 spiro atoms. The zero-order chi connectivity index (χ0) is 10.0. The molecule has 1 rings (SSSR count). The van der Waals surface area contributed by atoms with Crippen LogP contribution in [-0.2, 0) is 14.3 Å². The van der Waals surface area contributed by atoms with E-state index >= 15 is 0 Å². The molecule has 7 heteroatoms. The van der Waals surface area contributed by atoms with Crippen LogP contribution in [-0.4, -0.2) is 27.9 Å². The molecule has 3 N–H and O–H groups in total. The largest absolute Gasteiger partial charge is 0.466 e. The van der Waals surface area contributed by atoms with Crippen molar-refractivity contribution in [2.24, 2.45) is 0 Å². The monoisotopic (exact) mass is 202 g/mol. The minimum Gasteiger partial charge on any atom is -0.303 e. The molecule has 0 amide bonds. The predicted octanol–water partition coefficient (Wildman–Crippen LogP) is 0.436. The van der Waals surface area contributed by atoms with E-state index in [1.165, 1.54) is 6.42 Å². The second kappa shape index (κ2) is 9.12. The highest BCUT2D eigenvalue weighted by Crippen LogP contribution is 2.25. The van der Waals surface area contributed by atoms with Crippen LogP contribution < -0.4 is 0 Å². The van der Waals surface area contributed by atoms with Crippen molar-refractivity contribution in [1.82, 2.24) is 0 Å². The van der Waals surface area contributed by atoms with E-state index in [0.29, 0.717) is 0 Å². The molecular weight excluding hydrogens is 187 g/mol. The molecule has 1 fully saturated rings. The standard InChI is InChI=1S/C3H8.C2H4O2.H3O4P/c1-3-2;1-2-4-3-1;1-5(2,3)4/h3H2,1-2H3;1-2H2;(H3,1,2,3,4). The Morgan fingerprint density at radius 2 is 1.25 bits per heavy atom. The third kappa shape index (κ3) is 50.4. The normalized spacial score (nSPS) is 14.4. The maximum Gasteiger partial charge on any atom is 0.466 e. The average Bonchev–Trinajstić information content (AvgIpc) is 1.52. The van der Waals surface area contributed by atoms with Crippen molar-refractivity contribution in [2.45, 2.75) is 20.3 Å². The van der Waals surface area contributed by atoms with E-state index < -0.39 is 7.82 Å². The summed E-state index contributed by atoms with van der Waals surface area (Å²) in [5, 5.41) is 0. The third-order valence-electron chi connectivity index (χ3n) is 0.333. The minimum atomic E-state index is -4.64. The van der Waals surface area contributed by atoms with Crippen molar-refractivity contribution in [3.8, 4) is 0 Å². The molecule has 0 aromatic rings. The number of rotatable bonds is 0. The molecule has 0 radical (unpaired) electrons. The maximum absolute atomic E-state index is 8.88. The summed E-state index contributed by atoms with van der Waals surface area (Å²) in [7, 11) is -4.64. The van der Waals surface area contributed by atoms with E-state index in [1.807, 2.05) is 0 Å². The van der Waals surface area contributed by atoms with Gasteiger partial charge < -0.3 is 14.7 Å². The number of hydrogen-bond donors (Lipinski definition) is 3. The van der Waals surface area contributed by atoms with Crippen LogP contribution >= 0.6 is 7.82 Å². The molecule has 0 aliphatic carbocycles. The first-order valence-electron chi connectivity index (χ1n) is 3.44. The van der Waals surface area contributed by atoms with E-state index in [2.05, 4.69) is 23.6 Å². The maximum atomic E-state index is 8.88. The van der Waals surface area contributed by atoms with Gasteiger partial charge in [-0.25, -0.2) is 14.3 Å². The lowest BCUT2D eigenvalue weighted by Crippen LogP contribution is -2.14. The van der Waals surface area contributed by atoms with Crippen LogP contribution in [0.4, 0.5) is 0 Å². The Hall–Kier alpha value is 0.0300. The van der Waals surface area contributed by atoms with Gasteiger partial charge in [-0.15, -0.1) is 0 Å². The summed E-state index contributed by atoms with van der Waals surface area (Å²) >= 11 is 0. The molecule has 0 bridgehead atoms. The Morgan fingerprint density at radius 3 is 1.25 bits per heavy atom. The van der Waals surface area contributed by atoms with E-state index in [4.69, 9.17) is 19.2 Å². The van der Waals surface area contributed by atoms with Gasteiger partial charge in [0.25, 0.3) is 0 Å². The van der Waals surface area contributed by atoms with E-state index in [-0.39, 0.29) is 0 Å². The van der Waals surface area contributed by atoms with Gasteiger partial charge in [0.2, 0.25) is 0 Å². The van der Waals surface area contributed by atoms with Crippen LogP contribution in [0.1, 0.15) is 20.3 Å². The Labute approximate surface area is 71.3 Å². The van der Waals surface area contributed by atoms with Crippen molar-refractivity contribution in [3.63, 3.8) is 0 Å². The lowest BCUT2D eigenvalue weighted by molar-refractivity contribution is -0.382. The SMILES string of the molecule is C1COO1.CCC.O=P(O)(O)O. The van der Waals surface area contributed by atoms with Gasteiger partial charge in [-0.1, -0.05) is 20.3 Å². The first-order valence-corrected chi connectivity index (χ1v) is 5.01. The van der Waals surface area contributed by atoms with Crippen LogP contribution in [0.15, 0.2) is 0 Å². The summed E-state index contributed by atoms with van der Waals surface area (Å²) in [5.74, 6) is 0. The summed E-state index contributed by atoms with van der Waals surface area (Å²) in [6.45, 7) is 5.81. The zero-order valence-corrected chi connectivity index (χ0v) is 8.03. The first-order chi connectivity index (χ1) is 5.41. The predicted molar refractivity (Wildman–Crippen MR) is 42.1 cm³/mol. The smallest absolute Gasteiger partial charge is 0.303 e.